The lowest BCUT2D eigenvalue weighted by Gasteiger charge is -2.12. The van der Waals surface area contributed by atoms with Crippen LogP contribution in [0, 0.1) is 0 Å². The third-order valence-corrected chi connectivity index (χ3v) is 5.05. The number of benzene rings is 2. The largest absolute Gasteiger partial charge is 0.497 e. The van der Waals surface area contributed by atoms with E-state index in [0.29, 0.717) is 28.6 Å². The topological polar surface area (TPSA) is 93.8 Å². The number of rotatable bonds is 4. The van der Waals surface area contributed by atoms with Crippen molar-refractivity contribution in [2.24, 2.45) is 0 Å². The molecule has 0 amide bonds. The van der Waals surface area contributed by atoms with Gasteiger partial charge in [0.2, 0.25) is 6.79 Å². The number of carbonyl (C=O) groups is 1. The van der Waals surface area contributed by atoms with Gasteiger partial charge in [-0.25, -0.2) is 4.79 Å². The number of methoxy groups -OCH3 is 2. The number of ether oxygens (including phenoxy) is 4. The highest BCUT2D eigenvalue weighted by molar-refractivity contribution is 5.96. The van der Waals surface area contributed by atoms with Crippen molar-refractivity contribution in [3.05, 3.63) is 70.8 Å². The molecule has 0 fully saturated rings. The molecule has 0 atom stereocenters. The molecule has 5 rings (SSSR count). The minimum Gasteiger partial charge on any atom is -0.497 e. The van der Waals surface area contributed by atoms with Crippen LogP contribution in [0.1, 0.15) is 10.4 Å². The van der Waals surface area contributed by atoms with Crippen LogP contribution in [0.4, 0.5) is 0 Å². The standard InChI is InChI=1S/C22H17N3O6/c1-28-15-6-3-13(4-7-15)25-21(26)16-10-24(11-17(20(16)23-25)22(27)29-2)14-5-8-18-19(9-14)31-12-30-18/h3-11H,12H2,1-2H3. The summed E-state index contributed by atoms with van der Waals surface area (Å²) in [5.74, 6) is 1.28. The molecular weight excluding hydrogens is 402 g/mol. The van der Waals surface area contributed by atoms with Gasteiger partial charge in [0, 0.05) is 24.1 Å². The molecule has 2 aromatic rings. The van der Waals surface area contributed by atoms with Crippen molar-refractivity contribution >= 4 is 5.97 Å². The lowest BCUT2D eigenvalue weighted by Crippen LogP contribution is -2.15. The monoisotopic (exact) mass is 419 g/mol. The Bertz CT molecular complexity index is 1320. The third-order valence-electron chi connectivity index (χ3n) is 5.05. The molecule has 0 aliphatic carbocycles. The Morgan fingerprint density at radius 2 is 1.74 bits per heavy atom. The second kappa shape index (κ2) is 7.21. The highest BCUT2D eigenvalue weighted by atomic mass is 16.7. The van der Waals surface area contributed by atoms with Crippen LogP contribution in [0.5, 0.6) is 17.2 Å². The van der Waals surface area contributed by atoms with Gasteiger partial charge < -0.3 is 23.5 Å². The quantitative estimate of drug-likeness (QED) is 0.470. The second-order valence-electron chi connectivity index (χ2n) is 6.79. The van der Waals surface area contributed by atoms with Crippen molar-refractivity contribution in [1.29, 1.82) is 0 Å². The van der Waals surface area contributed by atoms with Gasteiger partial charge >= 0.3 is 5.97 Å². The van der Waals surface area contributed by atoms with Crippen LogP contribution in [-0.4, -0.2) is 41.3 Å². The van der Waals surface area contributed by atoms with E-state index in [2.05, 4.69) is 5.10 Å². The zero-order chi connectivity index (χ0) is 21.5. The smallest absolute Gasteiger partial charge is 0.341 e. The first kappa shape index (κ1) is 18.7. The number of hydrogen-bond acceptors (Lipinski definition) is 7. The van der Waals surface area contributed by atoms with Crippen LogP contribution < -0.4 is 19.8 Å². The van der Waals surface area contributed by atoms with E-state index in [1.807, 2.05) is 0 Å². The SMILES string of the molecule is COC(=O)c1cn(-c2ccc3c(c2)OCO3)cc2c(=O)n(-c3ccc(OC)cc3)nc1-2. The summed E-state index contributed by atoms with van der Waals surface area (Å²) in [4.78, 5) is 25.7. The second-order valence-corrected chi connectivity index (χ2v) is 6.79. The van der Waals surface area contributed by atoms with Crippen molar-refractivity contribution < 1.29 is 23.7 Å². The van der Waals surface area contributed by atoms with E-state index in [4.69, 9.17) is 18.9 Å². The summed E-state index contributed by atoms with van der Waals surface area (Å²) in [6.07, 6.45) is 3.21. The summed E-state index contributed by atoms with van der Waals surface area (Å²) in [5, 5.41) is 4.40. The van der Waals surface area contributed by atoms with E-state index in [1.165, 1.54) is 11.8 Å². The van der Waals surface area contributed by atoms with E-state index in [9.17, 15) is 9.59 Å². The maximum atomic E-state index is 13.2. The lowest BCUT2D eigenvalue weighted by atomic mass is 10.1. The number of esters is 1. The average molecular weight is 419 g/mol. The number of pyridine rings is 1. The summed E-state index contributed by atoms with van der Waals surface area (Å²) in [6.45, 7) is 0.148. The first-order valence-electron chi connectivity index (χ1n) is 9.37. The number of hydrogen-bond donors (Lipinski definition) is 0. The van der Waals surface area contributed by atoms with Gasteiger partial charge in [-0.3, -0.25) is 4.79 Å². The minimum absolute atomic E-state index is 0.148. The summed E-state index contributed by atoms with van der Waals surface area (Å²) >= 11 is 0. The van der Waals surface area contributed by atoms with E-state index in [0.717, 1.165) is 0 Å². The minimum atomic E-state index is -0.598. The van der Waals surface area contributed by atoms with Crippen LogP contribution in [0.3, 0.4) is 0 Å². The predicted octanol–water partition coefficient (Wildman–Crippen LogP) is 2.65. The molecule has 2 aromatic carbocycles. The molecule has 3 aliphatic rings. The first-order chi connectivity index (χ1) is 15.1. The Hall–Kier alpha value is -4.27. The summed E-state index contributed by atoms with van der Waals surface area (Å²) in [7, 11) is 2.85. The van der Waals surface area contributed by atoms with Crippen LogP contribution in [-0.2, 0) is 4.74 Å². The summed E-state index contributed by atoms with van der Waals surface area (Å²) < 4.78 is 23.8. The fourth-order valence-corrected chi connectivity index (χ4v) is 3.46. The zero-order valence-electron chi connectivity index (χ0n) is 16.7. The molecule has 0 spiro atoms. The van der Waals surface area contributed by atoms with Gasteiger partial charge in [0.05, 0.1) is 25.5 Å². The van der Waals surface area contributed by atoms with Crippen molar-refractivity contribution in [2.75, 3.05) is 21.0 Å². The van der Waals surface area contributed by atoms with Crippen LogP contribution in [0.2, 0.25) is 0 Å². The summed E-state index contributed by atoms with van der Waals surface area (Å²) in [5.41, 5.74) is 1.57. The molecule has 0 aromatic heterocycles. The van der Waals surface area contributed by atoms with Gasteiger partial charge in [-0.05, 0) is 36.4 Å². The third kappa shape index (κ3) is 3.07. The molecule has 0 saturated carbocycles. The maximum absolute atomic E-state index is 13.2. The maximum Gasteiger partial charge on any atom is 0.341 e. The fraction of sp³-hybridized carbons (Fsp3) is 0.136. The molecule has 156 valence electrons. The molecule has 0 radical (unpaired) electrons. The van der Waals surface area contributed by atoms with E-state index in [1.54, 1.807) is 66.5 Å². The van der Waals surface area contributed by atoms with Gasteiger partial charge in [0.1, 0.15) is 17.0 Å². The molecule has 0 saturated heterocycles. The van der Waals surface area contributed by atoms with E-state index >= 15 is 0 Å². The average Bonchev–Trinajstić information content (AvgIpc) is 3.42. The number of nitrogens with zero attached hydrogens (tertiary/aromatic N) is 3. The Balaban J connectivity index is 1.70. The van der Waals surface area contributed by atoms with Gasteiger partial charge in [-0.2, -0.15) is 9.78 Å². The lowest BCUT2D eigenvalue weighted by molar-refractivity contribution is 0.0600. The molecule has 3 aliphatic heterocycles. The molecule has 0 bridgehead atoms. The Morgan fingerprint density at radius 1 is 1.00 bits per heavy atom. The Labute approximate surface area is 176 Å². The van der Waals surface area contributed by atoms with Gasteiger partial charge in [0.25, 0.3) is 5.56 Å². The molecule has 0 N–H and O–H groups in total. The van der Waals surface area contributed by atoms with Crippen molar-refractivity contribution in [3.63, 3.8) is 0 Å². The molecule has 31 heavy (non-hydrogen) atoms. The van der Waals surface area contributed by atoms with Crippen molar-refractivity contribution in [1.82, 2.24) is 14.3 Å². The predicted molar refractivity (Wildman–Crippen MR) is 110 cm³/mol. The normalized spacial score (nSPS) is 12.2. The molecule has 3 heterocycles. The van der Waals surface area contributed by atoms with E-state index in [-0.39, 0.29) is 29.2 Å². The molecule has 9 heteroatoms. The summed E-state index contributed by atoms with van der Waals surface area (Å²) in [6, 6.07) is 12.2. The van der Waals surface area contributed by atoms with E-state index < -0.39 is 5.97 Å². The highest BCUT2D eigenvalue weighted by Gasteiger charge is 2.25. The Morgan fingerprint density at radius 3 is 2.48 bits per heavy atom. The van der Waals surface area contributed by atoms with Gasteiger partial charge in [-0.1, -0.05) is 0 Å². The fourth-order valence-electron chi connectivity index (χ4n) is 3.46. The number of fused-ring (bicyclic) bond motifs is 2. The Kier molecular flexibility index (Phi) is 4.36. The van der Waals surface area contributed by atoms with Crippen molar-refractivity contribution in [3.8, 4) is 39.9 Å². The molecular formula is C22H17N3O6. The molecule has 0 unspecified atom stereocenters. The van der Waals surface area contributed by atoms with Gasteiger partial charge in [-0.15, -0.1) is 0 Å². The van der Waals surface area contributed by atoms with Crippen molar-refractivity contribution in [2.45, 2.75) is 0 Å². The first-order valence-corrected chi connectivity index (χ1v) is 9.37. The van der Waals surface area contributed by atoms with Crippen LogP contribution in [0.15, 0.2) is 59.7 Å². The van der Waals surface area contributed by atoms with Gasteiger partial charge in [0.15, 0.2) is 11.5 Å². The van der Waals surface area contributed by atoms with Crippen LogP contribution >= 0.6 is 0 Å². The highest BCUT2D eigenvalue weighted by Crippen LogP contribution is 2.34. The molecule has 9 nitrogen and oxygen atoms in total. The number of carbonyl (C=O) groups excluding carboxylic acids is 1. The van der Waals surface area contributed by atoms with Crippen LogP contribution in [0.25, 0.3) is 22.6 Å². The number of aromatic nitrogens is 3. The zero-order valence-corrected chi connectivity index (χ0v) is 16.7.